The molecular formula is C25H20F3NO4. The second kappa shape index (κ2) is 8.97. The number of nitrogens with one attached hydrogen (secondary N) is 1. The second-order valence-corrected chi connectivity index (χ2v) is 7.74. The molecule has 0 radical (unpaired) electrons. The number of alkyl carbamates (subject to hydrolysis) is 1. The van der Waals surface area contributed by atoms with E-state index < -0.39 is 36.3 Å². The van der Waals surface area contributed by atoms with Crippen LogP contribution in [0.3, 0.4) is 0 Å². The van der Waals surface area contributed by atoms with Gasteiger partial charge in [-0.05, 0) is 39.9 Å². The molecule has 33 heavy (non-hydrogen) atoms. The van der Waals surface area contributed by atoms with Crippen molar-refractivity contribution in [1.29, 1.82) is 0 Å². The summed E-state index contributed by atoms with van der Waals surface area (Å²) in [7, 11) is 0. The van der Waals surface area contributed by atoms with Gasteiger partial charge in [0, 0.05) is 5.92 Å². The third-order valence-electron chi connectivity index (χ3n) is 5.63. The molecule has 0 fully saturated rings. The Balaban J connectivity index is 1.50. The van der Waals surface area contributed by atoms with Gasteiger partial charge in [0.25, 0.3) is 0 Å². The first-order valence-electron chi connectivity index (χ1n) is 10.2. The number of rotatable bonds is 6. The van der Waals surface area contributed by atoms with Gasteiger partial charge in [-0.15, -0.1) is 0 Å². The molecule has 0 aliphatic heterocycles. The van der Waals surface area contributed by atoms with Gasteiger partial charge in [-0.2, -0.15) is 13.2 Å². The molecule has 8 heteroatoms. The molecule has 3 aromatic rings. The highest BCUT2D eigenvalue weighted by atomic mass is 19.4. The summed E-state index contributed by atoms with van der Waals surface area (Å²) in [6, 6.07) is 18.6. The number of hydrogen-bond donors (Lipinski definition) is 2. The van der Waals surface area contributed by atoms with Crippen molar-refractivity contribution in [3.8, 4) is 11.1 Å². The van der Waals surface area contributed by atoms with E-state index in [1.54, 1.807) is 0 Å². The van der Waals surface area contributed by atoms with Crippen LogP contribution in [0.4, 0.5) is 18.0 Å². The SMILES string of the molecule is O=C(O)C[C@H](NC(=O)OCC1c2ccccc2-c2ccccc21)c1cccc(C(F)(F)F)c1. The van der Waals surface area contributed by atoms with E-state index in [1.165, 1.54) is 12.1 Å². The van der Waals surface area contributed by atoms with Gasteiger partial charge in [-0.3, -0.25) is 4.79 Å². The number of carboxylic acids is 1. The number of amides is 1. The zero-order chi connectivity index (χ0) is 23.6. The van der Waals surface area contributed by atoms with Crippen LogP contribution in [0.2, 0.25) is 0 Å². The summed E-state index contributed by atoms with van der Waals surface area (Å²) in [6.07, 6.45) is -6.08. The number of fused-ring (bicyclic) bond motifs is 3. The van der Waals surface area contributed by atoms with Gasteiger partial charge in [0.1, 0.15) is 6.61 Å². The Labute approximate surface area is 187 Å². The third kappa shape index (κ3) is 4.84. The fourth-order valence-corrected chi connectivity index (χ4v) is 4.14. The van der Waals surface area contributed by atoms with Gasteiger partial charge in [0.2, 0.25) is 0 Å². The Bertz CT molecular complexity index is 1150. The van der Waals surface area contributed by atoms with E-state index in [2.05, 4.69) is 5.32 Å². The average Bonchev–Trinajstić information content (AvgIpc) is 3.10. The smallest absolute Gasteiger partial charge is 0.416 e. The molecule has 1 atom stereocenters. The molecule has 1 aliphatic rings. The lowest BCUT2D eigenvalue weighted by atomic mass is 9.98. The topological polar surface area (TPSA) is 75.6 Å². The Morgan fingerprint density at radius 2 is 1.55 bits per heavy atom. The van der Waals surface area contributed by atoms with Gasteiger partial charge in [0.15, 0.2) is 0 Å². The number of aliphatic carboxylic acids is 1. The van der Waals surface area contributed by atoms with Crippen molar-refractivity contribution in [3.05, 3.63) is 95.1 Å². The molecule has 0 spiro atoms. The molecule has 1 aliphatic carbocycles. The Morgan fingerprint density at radius 3 is 2.12 bits per heavy atom. The molecule has 0 aromatic heterocycles. The van der Waals surface area contributed by atoms with Crippen LogP contribution < -0.4 is 5.32 Å². The zero-order valence-electron chi connectivity index (χ0n) is 17.3. The van der Waals surface area contributed by atoms with Gasteiger partial charge in [-0.25, -0.2) is 4.79 Å². The summed E-state index contributed by atoms with van der Waals surface area (Å²) >= 11 is 0. The molecule has 0 bridgehead atoms. The Hall–Kier alpha value is -3.81. The van der Waals surface area contributed by atoms with Crippen molar-refractivity contribution >= 4 is 12.1 Å². The molecule has 0 saturated carbocycles. The highest BCUT2D eigenvalue weighted by Crippen LogP contribution is 2.44. The van der Waals surface area contributed by atoms with Crippen LogP contribution >= 0.6 is 0 Å². The summed E-state index contributed by atoms with van der Waals surface area (Å²) in [5, 5.41) is 11.6. The number of carbonyl (C=O) groups excluding carboxylic acids is 1. The highest BCUT2D eigenvalue weighted by Gasteiger charge is 2.32. The van der Waals surface area contributed by atoms with Gasteiger partial charge in [0.05, 0.1) is 18.0 Å². The fourth-order valence-electron chi connectivity index (χ4n) is 4.14. The van der Waals surface area contributed by atoms with Crippen LogP contribution in [0.5, 0.6) is 0 Å². The number of carbonyl (C=O) groups is 2. The van der Waals surface area contributed by atoms with E-state index in [0.717, 1.165) is 34.4 Å². The minimum absolute atomic E-state index is 0.00222. The lowest BCUT2D eigenvalue weighted by Gasteiger charge is -2.20. The normalized spacial score (nSPS) is 13.7. The molecule has 5 nitrogen and oxygen atoms in total. The predicted molar refractivity (Wildman–Crippen MR) is 115 cm³/mol. The Kier molecular flexibility index (Phi) is 6.09. The fraction of sp³-hybridized carbons (Fsp3) is 0.200. The Morgan fingerprint density at radius 1 is 0.939 bits per heavy atom. The maximum absolute atomic E-state index is 13.1. The molecular weight excluding hydrogens is 435 g/mol. The minimum Gasteiger partial charge on any atom is -0.481 e. The molecule has 170 valence electrons. The lowest BCUT2D eigenvalue weighted by Crippen LogP contribution is -2.31. The number of hydrogen-bond acceptors (Lipinski definition) is 3. The molecule has 4 rings (SSSR count). The van der Waals surface area contributed by atoms with Gasteiger partial charge < -0.3 is 15.2 Å². The summed E-state index contributed by atoms with van der Waals surface area (Å²) in [5.74, 6) is -1.47. The van der Waals surface area contributed by atoms with Crippen molar-refractivity contribution in [2.75, 3.05) is 6.61 Å². The highest BCUT2D eigenvalue weighted by molar-refractivity contribution is 5.79. The van der Waals surface area contributed by atoms with Crippen LogP contribution in [0.25, 0.3) is 11.1 Å². The van der Waals surface area contributed by atoms with Gasteiger partial charge in [-0.1, -0.05) is 60.7 Å². The van der Waals surface area contributed by atoms with Crippen LogP contribution in [-0.2, 0) is 15.7 Å². The van der Waals surface area contributed by atoms with Crippen LogP contribution in [-0.4, -0.2) is 23.8 Å². The van der Waals surface area contributed by atoms with Crippen molar-refractivity contribution in [1.82, 2.24) is 5.32 Å². The molecule has 0 saturated heterocycles. The summed E-state index contributed by atoms with van der Waals surface area (Å²) in [4.78, 5) is 23.8. The number of ether oxygens (including phenoxy) is 1. The van der Waals surface area contributed by atoms with E-state index in [1.807, 2.05) is 48.5 Å². The zero-order valence-corrected chi connectivity index (χ0v) is 17.3. The standard InChI is InChI=1S/C25H20F3NO4/c26-25(27,28)16-7-5-6-15(12-16)22(13-23(30)31)29-24(32)33-14-21-19-10-3-1-8-17(19)18-9-2-4-11-20(18)21/h1-12,21-22H,13-14H2,(H,29,32)(H,30,31)/t22-/m0/s1. The van der Waals surface area contributed by atoms with Crippen molar-refractivity contribution in [2.45, 2.75) is 24.6 Å². The van der Waals surface area contributed by atoms with Crippen molar-refractivity contribution in [3.63, 3.8) is 0 Å². The predicted octanol–water partition coefficient (Wildman–Crippen LogP) is 5.76. The molecule has 3 aromatic carbocycles. The van der Waals surface area contributed by atoms with E-state index in [-0.39, 0.29) is 18.1 Å². The van der Waals surface area contributed by atoms with E-state index in [0.29, 0.717) is 0 Å². The van der Waals surface area contributed by atoms with E-state index in [9.17, 15) is 27.9 Å². The van der Waals surface area contributed by atoms with Crippen LogP contribution in [0.15, 0.2) is 72.8 Å². The average molecular weight is 455 g/mol. The molecule has 2 N–H and O–H groups in total. The monoisotopic (exact) mass is 455 g/mol. The van der Waals surface area contributed by atoms with Crippen molar-refractivity contribution in [2.24, 2.45) is 0 Å². The first kappa shape index (κ1) is 22.4. The number of alkyl halides is 3. The molecule has 1 amide bonds. The second-order valence-electron chi connectivity index (χ2n) is 7.74. The summed E-state index contributed by atoms with van der Waals surface area (Å²) in [6.45, 7) is 0.00222. The largest absolute Gasteiger partial charge is 0.481 e. The lowest BCUT2D eigenvalue weighted by molar-refractivity contribution is -0.138. The van der Waals surface area contributed by atoms with Gasteiger partial charge >= 0.3 is 18.2 Å². The summed E-state index contributed by atoms with van der Waals surface area (Å²) < 4.78 is 44.6. The van der Waals surface area contributed by atoms with Crippen LogP contribution in [0, 0.1) is 0 Å². The number of carboxylic acid groups (broad SMARTS) is 1. The van der Waals surface area contributed by atoms with E-state index in [4.69, 9.17) is 4.74 Å². The summed E-state index contributed by atoms with van der Waals surface area (Å²) in [5.41, 5.74) is 3.22. The van der Waals surface area contributed by atoms with Crippen molar-refractivity contribution < 1.29 is 32.6 Å². The molecule has 0 unspecified atom stereocenters. The number of benzene rings is 3. The maximum atomic E-state index is 13.1. The van der Waals surface area contributed by atoms with Crippen LogP contribution in [0.1, 0.15) is 40.6 Å². The first-order valence-corrected chi connectivity index (χ1v) is 10.2. The van der Waals surface area contributed by atoms with E-state index >= 15 is 0 Å². The minimum atomic E-state index is -4.59. The molecule has 0 heterocycles. The number of halogens is 3. The first-order chi connectivity index (χ1) is 15.7. The quantitative estimate of drug-likeness (QED) is 0.496. The maximum Gasteiger partial charge on any atom is 0.416 e. The third-order valence-corrected chi connectivity index (χ3v) is 5.63.